The number of hydrogen-bond donors (Lipinski definition) is 1. The summed E-state index contributed by atoms with van der Waals surface area (Å²) in [5.41, 5.74) is 4.12. The van der Waals surface area contributed by atoms with E-state index in [0.29, 0.717) is 6.61 Å². The van der Waals surface area contributed by atoms with Crippen LogP contribution in [0, 0.1) is 0 Å². The lowest BCUT2D eigenvalue weighted by Crippen LogP contribution is -2.30. The molecule has 0 radical (unpaired) electrons. The van der Waals surface area contributed by atoms with E-state index in [1.165, 1.54) is 16.7 Å². The standard InChI is InChI=1S/C17H19NO/c1-2-19-15-8-5-7-14(12-15)17-16-9-4-3-6-13(16)10-11-18-17/h3-9,12,17-18H,2,10-11H2,1H3/t17-/m1/s1. The molecule has 0 saturated heterocycles. The van der Waals surface area contributed by atoms with Crippen LogP contribution < -0.4 is 10.1 Å². The summed E-state index contributed by atoms with van der Waals surface area (Å²) >= 11 is 0. The van der Waals surface area contributed by atoms with E-state index in [9.17, 15) is 0 Å². The molecular weight excluding hydrogens is 234 g/mol. The minimum Gasteiger partial charge on any atom is -0.494 e. The highest BCUT2D eigenvalue weighted by atomic mass is 16.5. The highest BCUT2D eigenvalue weighted by Gasteiger charge is 2.20. The van der Waals surface area contributed by atoms with Crippen LogP contribution in [0.25, 0.3) is 0 Å². The van der Waals surface area contributed by atoms with Crippen molar-refractivity contribution in [1.82, 2.24) is 5.32 Å². The fraction of sp³-hybridized carbons (Fsp3) is 0.294. The summed E-state index contributed by atoms with van der Waals surface area (Å²) in [5, 5.41) is 3.61. The molecule has 98 valence electrons. The summed E-state index contributed by atoms with van der Waals surface area (Å²) in [6.07, 6.45) is 1.11. The molecule has 2 heteroatoms. The van der Waals surface area contributed by atoms with Gasteiger partial charge in [-0.05, 0) is 42.2 Å². The summed E-state index contributed by atoms with van der Waals surface area (Å²) in [6, 6.07) is 17.4. The summed E-state index contributed by atoms with van der Waals surface area (Å²) in [4.78, 5) is 0. The van der Waals surface area contributed by atoms with Crippen LogP contribution >= 0.6 is 0 Å². The second-order valence-corrected chi connectivity index (χ2v) is 4.84. The van der Waals surface area contributed by atoms with Gasteiger partial charge in [-0.1, -0.05) is 36.4 Å². The summed E-state index contributed by atoms with van der Waals surface area (Å²) in [5.74, 6) is 0.949. The number of rotatable bonds is 3. The van der Waals surface area contributed by atoms with Crippen LogP contribution in [0.4, 0.5) is 0 Å². The highest BCUT2D eigenvalue weighted by molar-refractivity contribution is 5.41. The first kappa shape index (κ1) is 12.2. The maximum atomic E-state index is 5.60. The fourth-order valence-electron chi connectivity index (χ4n) is 2.75. The Hall–Kier alpha value is -1.80. The lowest BCUT2D eigenvalue weighted by Gasteiger charge is -2.27. The maximum Gasteiger partial charge on any atom is 0.119 e. The number of hydrogen-bond acceptors (Lipinski definition) is 2. The van der Waals surface area contributed by atoms with Gasteiger partial charge in [-0.2, -0.15) is 0 Å². The molecule has 19 heavy (non-hydrogen) atoms. The van der Waals surface area contributed by atoms with E-state index in [1.54, 1.807) is 0 Å². The van der Waals surface area contributed by atoms with Crippen molar-refractivity contribution >= 4 is 0 Å². The van der Waals surface area contributed by atoms with Crippen LogP contribution in [0.2, 0.25) is 0 Å². The number of benzene rings is 2. The highest BCUT2D eigenvalue weighted by Crippen LogP contribution is 2.30. The van der Waals surface area contributed by atoms with Gasteiger partial charge in [0.15, 0.2) is 0 Å². The average Bonchev–Trinajstić information content (AvgIpc) is 2.47. The molecule has 0 amide bonds. The molecule has 1 heterocycles. The van der Waals surface area contributed by atoms with Crippen molar-refractivity contribution in [2.75, 3.05) is 13.2 Å². The van der Waals surface area contributed by atoms with Crippen molar-refractivity contribution in [3.63, 3.8) is 0 Å². The smallest absolute Gasteiger partial charge is 0.119 e. The van der Waals surface area contributed by atoms with E-state index in [2.05, 4.69) is 47.8 Å². The van der Waals surface area contributed by atoms with Gasteiger partial charge >= 0.3 is 0 Å². The number of nitrogens with one attached hydrogen (secondary N) is 1. The Kier molecular flexibility index (Phi) is 3.51. The van der Waals surface area contributed by atoms with Gasteiger partial charge in [-0.25, -0.2) is 0 Å². The van der Waals surface area contributed by atoms with Crippen LogP contribution in [0.5, 0.6) is 5.75 Å². The summed E-state index contributed by atoms with van der Waals surface area (Å²) in [6.45, 7) is 3.75. The lowest BCUT2D eigenvalue weighted by atomic mass is 9.90. The van der Waals surface area contributed by atoms with Crippen LogP contribution in [-0.4, -0.2) is 13.2 Å². The first-order valence-electron chi connectivity index (χ1n) is 6.92. The number of fused-ring (bicyclic) bond motifs is 1. The molecule has 2 nitrogen and oxygen atoms in total. The van der Waals surface area contributed by atoms with E-state index >= 15 is 0 Å². The molecular formula is C17H19NO. The molecule has 0 fully saturated rings. The average molecular weight is 253 g/mol. The topological polar surface area (TPSA) is 21.3 Å². The molecule has 0 spiro atoms. The van der Waals surface area contributed by atoms with Crippen molar-refractivity contribution in [1.29, 1.82) is 0 Å². The van der Waals surface area contributed by atoms with Gasteiger partial charge in [0.1, 0.15) is 5.75 Å². The minimum absolute atomic E-state index is 0.283. The minimum atomic E-state index is 0.283. The third-order valence-corrected chi connectivity index (χ3v) is 3.61. The molecule has 1 N–H and O–H groups in total. The Labute approximate surface area is 114 Å². The normalized spacial score (nSPS) is 17.8. The van der Waals surface area contributed by atoms with E-state index in [-0.39, 0.29) is 6.04 Å². The van der Waals surface area contributed by atoms with E-state index < -0.39 is 0 Å². The molecule has 0 unspecified atom stereocenters. The molecule has 2 aromatic carbocycles. The predicted octanol–water partition coefficient (Wildman–Crippen LogP) is 3.32. The maximum absolute atomic E-state index is 5.60. The molecule has 0 aromatic heterocycles. The second-order valence-electron chi connectivity index (χ2n) is 4.84. The Morgan fingerprint density at radius 1 is 1.16 bits per heavy atom. The SMILES string of the molecule is CCOc1cccc([C@H]2NCCc3ccccc32)c1. The van der Waals surface area contributed by atoms with E-state index in [1.807, 2.05) is 13.0 Å². The van der Waals surface area contributed by atoms with Gasteiger partial charge < -0.3 is 10.1 Å². The van der Waals surface area contributed by atoms with Crippen LogP contribution in [0.15, 0.2) is 48.5 Å². The third-order valence-electron chi connectivity index (χ3n) is 3.61. The van der Waals surface area contributed by atoms with Gasteiger partial charge in [0, 0.05) is 6.54 Å². The van der Waals surface area contributed by atoms with Gasteiger partial charge in [0.05, 0.1) is 12.6 Å². The third kappa shape index (κ3) is 2.49. The Morgan fingerprint density at radius 3 is 2.95 bits per heavy atom. The summed E-state index contributed by atoms with van der Waals surface area (Å²) in [7, 11) is 0. The summed E-state index contributed by atoms with van der Waals surface area (Å²) < 4.78 is 5.60. The van der Waals surface area contributed by atoms with Crippen LogP contribution in [0.3, 0.4) is 0 Å². The van der Waals surface area contributed by atoms with Crippen LogP contribution in [-0.2, 0) is 6.42 Å². The van der Waals surface area contributed by atoms with Crippen molar-refractivity contribution in [2.24, 2.45) is 0 Å². The molecule has 0 saturated carbocycles. The molecule has 1 aliphatic heterocycles. The van der Waals surface area contributed by atoms with Crippen molar-refractivity contribution in [3.05, 3.63) is 65.2 Å². The molecule has 2 aromatic rings. The molecule has 0 bridgehead atoms. The fourth-order valence-corrected chi connectivity index (χ4v) is 2.75. The zero-order chi connectivity index (χ0) is 13.1. The van der Waals surface area contributed by atoms with Crippen LogP contribution in [0.1, 0.15) is 29.7 Å². The first-order chi connectivity index (χ1) is 9.38. The number of ether oxygens (including phenoxy) is 1. The predicted molar refractivity (Wildman–Crippen MR) is 77.6 cm³/mol. The molecule has 1 aliphatic rings. The van der Waals surface area contributed by atoms with Gasteiger partial charge in [0.2, 0.25) is 0 Å². The lowest BCUT2D eigenvalue weighted by molar-refractivity contribution is 0.339. The molecule has 0 aliphatic carbocycles. The van der Waals surface area contributed by atoms with Crippen molar-refractivity contribution in [3.8, 4) is 5.75 Å². The van der Waals surface area contributed by atoms with Gasteiger partial charge in [0.25, 0.3) is 0 Å². The van der Waals surface area contributed by atoms with Gasteiger partial charge in [-0.15, -0.1) is 0 Å². The first-order valence-corrected chi connectivity index (χ1v) is 6.92. The molecule has 3 rings (SSSR count). The second kappa shape index (κ2) is 5.45. The zero-order valence-corrected chi connectivity index (χ0v) is 11.2. The van der Waals surface area contributed by atoms with E-state index in [0.717, 1.165) is 18.7 Å². The molecule has 1 atom stereocenters. The quantitative estimate of drug-likeness (QED) is 0.906. The Balaban J connectivity index is 1.97. The largest absolute Gasteiger partial charge is 0.494 e. The Morgan fingerprint density at radius 2 is 2.05 bits per heavy atom. The monoisotopic (exact) mass is 253 g/mol. The zero-order valence-electron chi connectivity index (χ0n) is 11.2. The van der Waals surface area contributed by atoms with Crippen molar-refractivity contribution < 1.29 is 4.74 Å². The Bertz CT molecular complexity index is 565. The van der Waals surface area contributed by atoms with E-state index in [4.69, 9.17) is 4.74 Å². The van der Waals surface area contributed by atoms with Gasteiger partial charge in [-0.3, -0.25) is 0 Å². The van der Waals surface area contributed by atoms with Crippen molar-refractivity contribution in [2.45, 2.75) is 19.4 Å².